The van der Waals surface area contributed by atoms with Crippen molar-refractivity contribution in [2.75, 3.05) is 37.4 Å². The summed E-state index contributed by atoms with van der Waals surface area (Å²) in [5.74, 6) is -0.445. The van der Waals surface area contributed by atoms with Gasteiger partial charge in [0.25, 0.3) is 0 Å². The first-order valence-electron chi connectivity index (χ1n) is 9.60. The lowest BCUT2D eigenvalue weighted by atomic mass is 10.2. The van der Waals surface area contributed by atoms with Crippen LogP contribution in [0.15, 0.2) is 47.4 Å². The number of hydrogen-bond acceptors (Lipinski definition) is 8. The summed E-state index contributed by atoms with van der Waals surface area (Å²) in [6, 6.07) is 10.6. The number of carbonyl (C=O) groups excluding carboxylic acids is 1. The van der Waals surface area contributed by atoms with E-state index in [1.807, 2.05) is 0 Å². The molecule has 1 aliphatic heterocycles. The highest BCUT2D eigenvalue weighted by Crippen LogP contribution is 2.33. The van der Waals surface area contributed by atoms with Gasteiger partial charge >= 0.3 is 0 Å². The molecule has 12 heteroatoms. The van der Waals surface area contributed by atoms with Gasteiger partial charge in [-0.3, -0.25) is 4.79 Å². The van der Waals surface area contributed by atoms with Gasteiger partial charge in [-0.25, -0.2) is 25.9 Å². The van der Waals surface area contributed by atoms with Crippen LogP contribution in [0.1, 0.15) is 6.92 Å². The fourth-order valence-corrected chi connectivity index (χ4v) is 6.20. The van der Waals surface area contributed by atoms with E-state index in [0.717, 1.165) is 6.07 Å². The molecule has 1 amide bonds. The third kappa shape index (κ3) is 4.97. The molecule has 1 N–H and O–H groups in total. The topological polar surface area (TPSA) is 128 Å². The number of rotatable bonds is 9. The number of sulfonamides is 2. The maximum Gasteiger partial charge on any atom is 0.244 e. The standard InChI is InChI=1S/C20H24N2O8S2/c1-14-13-31(24,25)22(20(14)23)15-4-9-18(29-3)19(12-15)32(26,27)21-10-11-30-17-7-5-16(28-2)6-8-17/h4-9,12,14,21H,10-11,13H2,1-3H3/t14-/m1/s1. The molecule has 2 aromatic carbocycles. The highest BCUT2D eigenvalue weighted by atomic mass is 32.2. The molecule has 2 aromatic rings. The molecule has 0 spiro atoms. The highest BCUT2D eigenvalue weighted by molar-refractivity contribution is 7.94. The van der Waals surface area contributed by atoms with Crippen LogP contribution in [0, 0.1) is 5.92 Å². The molecule has 1 aliphatic rings. The van der Waals surface area contributed by atoms with Gasteiger partial charge in [-0.15, -0.1) is 0 Å². The SMILES string of the molecule is COc1ccc(OCCNS(=O)(=O)c2cc(N3C(=O)[C@H](C)CS3(=O)=O)ccc2OC)cc1. The van der Waals surface area contributed by atoms with Gasteiger partial charge in [0.2, 0.25) is 26.0 Å². The summed E-state index contributed by atoms with van der Waals surface area (Å²) in [5, 5.41) is 0. The Labute approximate surface area is 187 Å². The number of nitrogens with zero attached hydrogens (tertiary/aromatic N) is 1. The smallest absolute Gasteiger partial charge is 0.244 e. The zero-order valence-corrected chi connectivity index (χ0v) is 19.4. The zero-order valence-electron chi connectivity index (χ0n) is 17.8. The molecule has 1 fully saturated rings. The van der Waals surface area contributed by atoms with Crippen molar-refractivity contribution in [3.05, 3.63) is 42.5 Å². The minimum Gasteiger partial charge on any atom is -0.497 e. The molecule has 0 radical (unpaired) electrons. The van der Waals surface area contributed by atoms with Crippen LogP contribution in [0.25, 0.3) is 0 Å². The van der Waals surface area contributed by atoms with E-state index < -0.39 is 31.9 Å². The van der Waals surface area contributed by atoms with E-state index in [0.29, 0.717) is 15.8 Å². The van der Waals surface area contributed by atoms with E-state index >= 15 is 0 Å². The van der Waals surface area contributed by atoms with Crippen LogP contribution in [0.4, 0.5) is 5.69 Å². The van der Waals surface area contributed by atoms with E-state index in [4.69, 9.17) is 14.2 Å². The molecule has 1 heterocycles. The van der Waals surface area contributed by atoms with Crippen molar-refractivity contribution in [2.24, 2.45) is 5.92 Å². The van der Waals surface area contributed by atoms with Gasteiger partial charge in [0.1, 0.15) is 28.8 Å². The Hall–Kier alpha value is -2.83. The number of methoxy groups -OCH3 is 2. The van der Waals surface area contributed by atoms with Crippen molar-refractivity contribution in [1.29, 1.82) is 0 Å². The molecule has 174 valence electrons. The average Bonchev–Trinajstić information content (AvgIpc) is 2.97. The monoisotopic (exact) mass is 484 g/mol. The van der Waals surface area contributed by atoms with Crippen LogP contribution in [0.2, 0.25) is 0 Å². The summed E-state index contributed by atoms with van der Waals surface area (Å²) in [5.41, 5.74) is -0.0602. The summed E-state index contributed by atoms with van der Waals surface area (Å²) in [6.45, 7) is 1.50. The first-order chi connectivity index (χ1) is 15.1. The molecule has 0 aromatic heterocycles. The molecule has 0 saturated carbocycles. The second-order valence-electron chi connectivity index (χ2n) is 7.04. The van der Waals surface area contributed by atoms with Gasteiger partial charge < -0.3 is 14.2 Å². The largest absolute Gasteiger partial charge is 0.497 e. The van der Waals surface area contributed by atoms with Crippen LogP contribution in [-0.2, 0) is 24.8 Å². The number of carbonyl (C=O) groups is 1. The van der Waals surface area contributed by atoms with Crippen molar-refractivity contribution < 1.29 is 35.8 Å². The van der Waals surface area contributed by atoms with Crippen LogP contribution >= 0.6 is 0 Å². The first-order valence-corrected chi connectivity index (χ1v) is 12.7. The molecule has 0 aliphatic carbocycles. The molecular weight excluding hydrogens is 460 g/mol. The van der Waals surface area contributed by atoms with Crippen LogP contribution < -0.4 is 23.2 Å². The van der Waals surface area contributed by atoms with Crippen molar-refractivity contribution in [3.63, 3.8) is 0 Å². The maximum absolute atomic E-state index is 12.9. The maximum atomic E-state index is 12.9. The van der Waals surface area contributed by atoms with E-state index in [1.165, 1.54) is 26.2 Å². The van der Waals surface area contributed by atoms with Crippen molar-refractivity contribution >= 4 is 31.6 Å². The van der Waals surface area contributed by atoms with Crippen LogP contribution in [0.3, 0.4) is 0 Å². The Kier molecular flexibility index (Phi) is 6.96. The van der Waals surface area contributed by atoms with E-state index in [9.17, 15) is 21.6 Å². The summed E-state index contributed by atoms with van der Waals surface area (Å²) in [7, 11) is -5.14. The van der Waals surface area contributed by atoms with Crippen molar-refractivity contribution in [3.8, 4) is 17.2 Å². The predicted octanol–water partition coefficient (Wildman–Crippen LogP) is 1.37. The molecular formula is C20H24N2O8S2. The second kappa shape index (κ2) is 9.35. The number of nitrogens with one attached hydrogen (secondary N) is 1. The molecule has 3 rings (SSSR count). The number of hydrogen-bond donors (Lipinski definition) is 1. The number of ether oxygens (including phenoxy) is 3. The lowest BCUT2D eigenvalue weighted by Crippen LogP contribution is -2.31. The fourth-order valence-electron chi connectivity index (χ4n) is 3.18. The quantitative estimate of drug-likeness (QED) is 0.529. The van der Waals surface area contributed by atoms with Gasteiger partial charge in [0.05, 0.1) is 31.6 Å². The summed E-state index contributed by atoms with van der Waals surface area (Å²) >= 11 is 0. The average molecular weight is 485 g/mol. The van der Waals surface area contributed by atoms with Gasteiger partial charge in [-0.2, -0.15) is 0 Å². The summed E-state index contributed by atoms with van der Waals surface area (Å²) < 4.78 is 69.2. The number of anilines is 1. The Balaban J connectivity index is 1.76. The Morgan fingerprint density at radius 2 is 1.72 bits per heavy atom. The molecule has 1 saturated heterocycles. The summed E-state index contributed by atoms with van der Waals surface area (Å²) in [4.78, 5) is 12.1. The predicted molar refractivity (Wildman–Crippen MR) is 117 cm³/mol. The second-order valence-corrected chi connectivity index (χ2v) is 10.6. The van der Waals surface area contributed by atoms with E-state index in [-0.39, 0.29) is 35.2 Å². The third-order valence-electron chi connectivity index (χ3n) is 4.75. The van der Waals surface area contributed by atoms with Gasteiger partial charge in [0, 0.05) is 6.54 Å². The zero-order chi connectivity index (χ0) is 23.5. The Morgan fingerprint density at radius 3 is 2.28 bits per heavy atom. The normalized spacial score (nSPS) is 17.9. The lowest BCUT2D eigenvalue weighted by Gasteiger charge is -2.18. The minimum absolute atomic E-state index is 0.00872. The van der Waals surface area contributed by atoms with E-state index in [2.05, 4.69) is 4.72 Å². The highest BCUT2D eigenvalue weighted by Gasteiger charge is 2.42. The molecule has 0 unspecified atom stereocenters. The molecule has 0 bridgehead atoms. The minimum atomic E-state index is -4.10. The molecule has 32 heavy (non-hydrogen) atoms. The van der Waals surface area contributed by atoms with Crippen LogP contribution in [0.5, 0.6) is 17.2 Å². The Morgan fingerprint density at radius 1 is 1.06 bits per heavy atom. The van der Waals surface area contributed by atoms with Crippen molar-refractivity contribution in [1.82, 2.24) is 4.72 Å². The fraction of sp³-hybridized carbons (Fsp3) is 0.350. The van der Waals surface area contributed by atoms with E-state index in [1.54, 1.807) is 31.4 Å². The number of benzene rings is 2. The van der Waals surface area contributed by atoms with Gasteiger partial charge in [-0.1, -0.05) is 6.92 Å². The van der Waals surface area contributed by atoms with Crippen molar-refractivity contribution in [2.45, 2.75) is 11.8 Å². The number of amides is 1. The lowest BCUT2D eigenvalue weighted by molar-refractivity contribution is -0.119. The van der Waals surface area contributed by atoms with Crippen LogP contribution in [-0.4, -0.2) is 55.9 Å². The van der Waals surface area contributed by atoms with Gasteiger partial charge in [-0.05, 0) is 42.5 Å². The first kappa shape index (κ1) is 23.8. The third-order valence-corrected chi connectivity index (χ3v) is 8.10. The molecule has 10 nitrogen and oxygen atoms in total. The summed E-state index contributed by atoms with van der Waals surface area (Å²) in [6.07, 6.45) is 0. The Bertz CT molecular complexity index is 1190. The van der Waals surface area contributed by atoms with Gasteiger partial charge in [0.15, 0.2) is 0 Å². The molecule has 1 atom stereocenters.